The van der Waals surface area contributed by atoms with Crippen LogP contribution in [0, 0.1) is 11.3 Å². The standard InChI is InChI=1S/C9H13ClN6/c1-9(2,4-5-11)16-8-14-6(10)13-7(12-3)15-8/h4H2,1-3H3,(H2,12,13,14,15,16). The summed E-state index contributed by atoms with van der Waals surface area (Å²) in [5, 5.41) is 14.6. The minimum absolute atomic E-state index is 0.106. The number of hydrogen-bond donors (Lipinski definition) is 2. The maximum Gasteiger partial charge on any atom is 0.229 e. The lowest BCUT2D eigenvalue weighted by Gasteiger charge is -2.22. The van der Waals surface area contributed by atoms with Crippen LogP contribution in [0.1, 0.15) is 20.3 Å². The van der Waals surface area contributed by atoms with Gasteiger partial charge in [0.05, 0.1) is 12.5 Å². The van der Waals surface area contributed by atoms with Crippen LogP contribution >= 0.6 is 11.6 Å². The highest BCUT2D eigenvalue weighted by molar-refractivity contribution is 6.28. The predicted octanol–water partition coefficient (Wildman–Crippen LogP) is 1.67. The molecule has 0 saturated carbocycles. The van der Waals surface area contributed by atoms with E-state index in [0.29, 0.717) is 18.3 Å². The van der Waals surface area contributed by atoms with Crippen LogP contribution in [-0.2, 0) is 0 Å². The first-order valence-corrected chi connectivity index (χ1v) is 5.09. The summed E-state index contributed by atoms with van der Waals surface area (Å²) < 4.78 is 0. The summed E-state index contributed by atoms with van der Waals surface area (Å²) in [7, 11) is 1.69. The van der Waals surface area contributed by atoms with Gasteiger partial charge >= 0.3 is 0 Å². The maximum absolute atomic E-state index is 8.65. The molecule has 0 bridgehead atoms. The van der Waals surface area contributed by atoms with Gasteiger partial charge in [0.1, 0.15) is 0 Å². The SMILES string of the molecule is CNc1nc(Cl)nc(NC(C)(C)CC#N)n1. The molecule has 0 saturated heterocycles. The van der Waals surface area contributed by atoms with Crippen LogP contribution in [0.2, 0.25) is 5.28 Å². The lowest BCUT2D eigenvalue weighted by Crippen LogP contribution is -2.31. The molecule has 7 heteroatoms. The number of halogens is 1. The highest BCUT2D eigenvalue weighted by Crippen LogP contribution is 2.16. The van der Waals surface area contributed by atoms with Gasteiger partial charge < -0.3 is 10.6 Å². The Morgan fingerprint density at radius 3 is 2.50 bits per heavy atom. The number of rotatable bonds is 4. The molecule has 0 spiro atoms. The second-order valence-corrected chi connectivity index (χ2v) is 4.18. The number of hydrogen-bond acceptors (Lipinski definition) is 6. The zero-order valence-electron chi connectivity index (χ0n) is 9.37. The molecule has 1 aromatic rings. The summed E-state index contributed by atoms with van der Waals surface area (Å²) >= 11 is 5.73. The normalized spacial score (nSPS) is 10.7. The van der Waals surface area contributed by atoms with Crippen LogP contribution in [-0.4, -0.2) is 27.5 Å². The van der Waals surface area contributed by atoms with E-state index in [4.69, 9.17) is 16.9 Å². The Morgan fingerprint density at radius 1 is 1.31 bits per heavy atom. The molecular formula is C9H13ClN6. The van der Waals surface area contributed by atoms with Gasteiger partial charge in [-0.3, -0.25) is 0 Å². The van der Waals surface area contributed by atoms with Crippen LogP contribution in [0.15, 0.2) is 0 Å². The first kappa shape index (κ1) is 12.5. The van der Waals surface area contributed by atoms with E-state index in [1.54, 1.807) is 7.05 Å². The molecule has 0 radical (unpaired) electrons. The third-order valence-corrected chi connectivity index (χ3v) is 1.97. The molecule has 0 fully saturated rings. The second kappa shape index (κ2) is 4.94. The summed E-state index contributed by atoms with van der Waals surface area (Å²) in [6.07, 6.45) is 0.338. The number of anilines is 2. The zero-order valence-corrected chi connectivity index (χ0v) is 10.1. The first-order chi connectivity index (χ1) is 7.46. The van der Waals surface area contributed by atoms with E-state index in [9.17, 15) is 0 Å². The Labute approximate surface area is 99.1 Å². The topological polar surface area (TPSA) is 86.5 Å². The smallest absolute Gasteiger partial charge is 0.229 e. The summed E-state index contributed by atoms with van der Waals surface area (Å²) in [6, 6.07) is 2.09. The third-order valence-electron chi connectivity index (χ3n) is 1.80. The summed E-state index contributed by atoms with van der Waals surface area (Å²) in [4.78, 5) is 11.9. The average molecular weight is 241 g/mol. The van der Waals surface area contributed by atoms with Gasteiger partial charge in [-0.25, -0.2) is 0 Å². The molecule has 0 aliphatic heterocycles. The van der Waals surface area contributed by atoms with Crippen molar-refractivity contribution in [3.8, 4) is 6.07 Å². The summed E-state index contributed by atoms with van der Waals surface area (Å²) in [6.45, 7) is 3.76. The van der Waals surface area contributed by atoms with Crippen LogP contribution in [0.25, 0.3) is 0 Å². The van der Waals surface area contributed by atoms with Crippen molar-refractivity contribution in [2.75, 3.05) is 17.7 Å². The predicted molar refractivity (Wildman–Crippen MR) is 62.3 cm³/mol. The largest absolute Gasteiger partial charge is 0.357 e. The Kier molecular flexibility index (Phi) is 3.85. The second-order valence-electron chi connectivity index (χ2n) is 3.85. The quantitative estimate of drug-likeness (QED) is 0.833. The fourth-order valence-electron chi connectivity index (χ4n) is 1.06. The highest BCUT2D eigenvalue weighted by atomic mass is 35.5. The molecule has 0 aliphatic carbocycles. The van der Waals surface area contributed by atoms with E-state index in [1.807, 2.05) is 13.8 Å². The highest BCUT2D eigenvalue weighted by Gasteiger charge is 2.19. The van der Waals surface area contributed by atoms with Gasteiger partial charge in [-0.05, 0) is 25.4 Å². The van der Waals surface area contributed by atoms with E-state index >= 15 is 0 Å². The Hall–Kier alpha value is -1.61. The van der Waals surface area contributed by atoms with Crippen molar-refractivity contribution in [2.24, 2.45) is 0 Å². The van der Waals surface area contributed by atoms with E-state index in [2.05, 4.69) is 31.7 Å². The Bertz CT molecular complexity index is 411. The van der Waals surface area contributed by atoms with Crippen molar-refractivity contribution < 1.29 is 0 Å². The summed E-state index contributed by atoms with van der Waals surface area (Å²) in [5.41, 5.74) is -0.412. The molecule has 0 atom stereocenters. The van der Waals surface area contributed by atoms with Crippen LogP contribution in [0.4, 0.5) is 11.9 Å². The molecule has 0 amide bonds. The van der Waals surface area contributed by atoms with Crippen molar-refractivity contribution in [3.63, 3.8) is 0 Å². The van der Waals surface area contributed by atoms with E-state index in [-0.39, 0.29) is 5.28 Å². The third kappa shape index (κ3) is 3.51. The van der Waals surface area contributed by atoms with Gasteiger partial charge in [0.2, 0.25) is 17.2 Å². The lowest BCUT2D eigenvalue weighted by molar-refractivity contribution is 0.576. The molecule has 0 aliphatic rings. The van der Waals surface area contributed by atoms with Gasteiger partial charge in [0, 0.05) is 12.6 Å². The van der Waals surface area contributed by atoms with Crippen molar-refractivity contribution in [1.82, 2.24) is 15.0 Å². The van der Waals surface area contributed by atoms with Crippen LogP contribution in [0.3, 0.4) is 0 Å². The number of aromatic nitrogens is 3. The number of nitriles is 1. The minimum Gasteiger partial charge on any atom is -0.357 e. The van der Waals surface area contributed by atoms with Gasteiger partial charge in [-0.1, -0.05) is 0 Å². The fourth-order valence-corrected chi connectivity index (χ4v) is 1.22. The molecule has 0 unspecified atom stereocenters. The average Bonchev–Trinajstić information content (AvgIpc) is 2.15. The van der Waals surface area contributed by atoms with Gasteiger partial charge in [0.15, 0.2) is 0 Å². The number of nitrogens with one attached hydrogen (secondary N) is 2. The molecular weight excluding hydrogens is 228 g/mol. The molecule has 86 valence electrons. The Balaban J connectivity index is 2.89. The van der Waals surface area contributed by atoms with E-state index in [1.165, 1.54) is 0 Å². The van der Waals surface area contributed by atoms with Crippen molar-refractivity contribution in [2.45, 2.75) is 25.8 Å². The molecule has 2 N–H and O–H groups in total. The molecule has 1 aromatic heterocycles. The molecule has 1 heterocycles. The monoisotopic (exact) mass is 240 g/mol. The van der Waals surface area contributed by atoms with Gasteiger partial charge in [-0.15, -0.1) is 0 Å². The maximum atomic E-state index is 8.65. The van der Waals surface area contributed by atoms with Gasteiger partial charge in [-0.2, -0.15) is 20.2 Å². The van der Waals surface area contributed by atoms with Crippen molar-refractivity contribution in [1.29, 1.82) is 5.26 Å². The van der Waals surface area contributed by atoms with Crippen LogP contribution in [0.5, 0.6) is 0 Å². The Morgan fingerprint density at radius 2 is 1.94 bits per heavy atom. The van der Waals surface area contributed by atoms with E-state index in [0.717, 1.165) is 0 Å². The molecule has 6 nitrogen and oxygen atoms in total. The lowest BCUT2D eigenvalue weighted by atomic mass is 10.0. The van der Waals surface area contributed by atoms with Crippen molar-refractivity contribution >= 4 is 23.5 Å². The minimum atomic E-state index is -0.412. The van der Waals surface area contributed by atoms with Crippen molar-refractivity contribution in [3.05, 3.63) is 5.28 Å². The van der Waals surface area contributed by atoms with E-state index < -0.39 is 5.54 Å². The van der Waals surface area contributed by atoms with Gasteiger partial charge in [0.25, 0.3) is 0 Å². The molecule has 0 aromatic carbocycles. The zero-order chi connectivity index (χ0) is 12.2. The summed E-state index contributed by atoms with van der Waals surface area (Å²) in [5.74, 6) is 0.736. The molecule has 16 heavy (non-hydrogen) atoms. The van der Waals surface area contributed by atoms with Crippen LogP contribution < -0.4 is 10.6 Å². The first-order valence-electron chi connectivity index (χ1n) is 4.71. The fraction of sp³-hybridized carbons (Fsp3) is 0.556. The molecule has 1 rings (SSSR count). The number of nitrogens with zero attached hydrogens (tertiary/aromatic N) is 4.